The maximum absolute atomic E-state index is 3.52. The molecular weight excluding hydrogens is 278 g/mol. The first-order valence-electron chi connectivity index (χ1n) is 4.71. The van der Waals surface area contributed by atoms with Crippen LogP contribution in [-0.2, 0) is 0 Å². The third-order valence-electron chi connectivity index (χ3n) is 2.00. The summed E-state index contributed by atoms with van der Waals surface area (Å²) in [7, 11) is 0. The van der Waals surface area contributed by atoms with E-state index in [-0.39, 0.29) is 0 Å². The number of hydrogen-bond acceptors (Lipinski definition) is 3. The molecule has 0 aliphatic carbocycles. The Kier molecular flexibility index (Phi) is 6.17. The maximum Gasteiger partial charge on any atom is 0.0701 e. The zero-order valence-electron chi connectivity index (χ0n) is 8.55. The average molecular weight is 294 g/mol. The van der Waals surface area contributed by atoms with Crippen molar-refractivity contribution < 1.29 is 0 Å². The van der Waals surface area contributed by atoms with E-state index < -0.39 is 0 Å². The van der Waals surface area contributed by atoms with Crippen LogP contribution < -0.4 is 5.32 Å². The highest BCUT2D eigenvalue weighted by atomic mass is 79.9. The van der Waals surface area contributed by atoms with Gasteiger partial charge < -0.3 is 5.32 Å². The van der Waals surface area contributed by atoms with Crippen LogP contribution in [-0.4, -0.2) is 18.6 Å². The molecule has 0 saturated heterocycles. The molecule has 80 valence electrons. The third kappa shape index (κ3) is 4.34. The molecule has 0 aliphatic heterocycles. The minimum Gasteiger partial charge on any atom is -0.309 e. The molecule has 1 N–H and O–H groups in total. The molecule has 0 saturated carbocycles. The van der Waals surface area contributed by atoms with Gasteiger partial charge in [-0.15, -0.1) is 11.3 Å². The van der Waals surface area contributed by atoms with Gasteiger partial charge in [0.15, 0.2) is 0 Å². The van der Waals surface area contributed by atoms with E-state index in [0.717, 1.165) is 6.54 Å². The fraction of sp³-hybridized carbons (Fsp3) is 0.600. The Bertz CT molecular complexity index is 262. The van der Waals surface area contributed by atoms with Gasteiger partial charge in [-0.3, -0.25) is 0 Å². The van der Waals surface area contributed by atoms with Gasteiger partial charge >= 0.3 is 0 Å². The van der Waals surface area contributed by atoms with Crippen molar-refractivity contribution >= 4 is 39.0 Å². The lowest BCUT2D eigenvalue weighted by atomic mass is 10.2. The van der Waals surface area contributed by atoms with Gasteiger partial charge in [0.1, 0.15) is 0 Å². The maximum atomic E-state index is 3.52. The first-order valence-corrected chi connectivity index (χ1v) is 7.72. The van der Waals surface area contributed by atoms with Gasteiger partial charge in [0, 0.05) is 10.9 Å². The number of halogens is 1. The topological polar surface area (TPSA) is 12.0 Å². The smallest absolute Gasteiger partial charge is 0.0701 e. The predicted octanol–water partition coefficient (Wildman–Crippen LogP) is 3.91. The van der Waals surface area contributed by atoms with Crippen LogP contribution in [0.3, 0.4) is 0 Å². The van der Waals surface area contributed by atoms with Crippen LogP contribution in [0.5, 0.6) is 0 Å². The van der Waals surface area contributed by atoms with Gasteiger partial charge in [-0.2, -0.15) is 11.8 Å². The van der Waals surface area contributed by atoms with E-state index in [2.05, 4.69) is 46.6 Å². The summed E-state index contributed by atoms with van der Waals surface area (Å²) >= 11 is 7.20. The van der Waals surface area contributed by atoms with E-state index >= 15 is 0 Å². The summed E-state index contributed by atoms with van der Waals surface area (Å²) in [6, 6.07) is 4.77. The molecule has 1 rings (SSSR count). The Labute approximate surface area is 103 Å². The van der Waals surface area contributed by atoms with Crippen LogP contribution in [0, 0.1) is 0 Å². The molecule has 1 atom stereocenters. The van der Waals surface area contributed by atoms with E-state index in [1.165, 1.54) is 20.8 Å². The molecule has 0 bridgehead atoms. The molecule has 0 amide bonds. The molecule has 4 heteroatoms. The Balaban J connectivity index is 2.25. The van der Waals surface area contributed by atoms with Crippen LogP contribution in [0.1, 0.15) is 24.3 Å². The van der Waals surface area contributed by atoms with Crippen molar-refractivity contribution in [3.05, 3.63) is 20.8 Å². The molecule has 1 heterocycles. The molecule has 0 fully saturated rings. The lowest BCUT2D eigenvalue weighted by Crippen LogP contribution is -2.19. The van der Waals surface area contributed by atoms with Crippen LogP contribution >= 0.6 is 39.0 Å². The molecule has 0 spiro atoms. The van der Waals surface area contributed by atoms with E-state index in [0.29, 0.717) is 6.04 Å². The highest BCUT2D eigenvalue weighted by Gasteiger charge is 2.06. The van der Waals surface area contributed by atoms with Crippen LogP contribution in [0.25, 0.3) is 0 Å². The summed E-state index contributed by atoms with van der Waals surface area (Å²) in [6.07, 6.45) is 3.40. The zero-order chi connectivity index (χ0) is 10.4. The molecule has 1 aromatic heterocycles. The predicted molar refractivity (Wildman–Crippen MR) is 71.4 cm³/mol. The Hall–Kier alpha value is 0.490. The van der Waals surface area contributed by atoms with Crippen molar-refractivity contribution in [2.45, 2.75) is 19.4 Å². The highest BCUT2D eigenvalue weighted by molar-refractivity contribution is 9.11. The van der Waals surface area contributed by atoms with Crippen LogP contribution in [0.15, 0.2) is 15.9 Å². The summed E-state index contributed by atoms with van der Waals surface area (Å²) in [6.45, 7) is 3.33. The van der Waals surface area contributed by atoms with E-state index in [1.54, 1.807) is 0 Å². The van der Waals surface area contributed by atoms with Crippen molar-refractivity contribution in [2.75, 3.05) is 18.6 Å². The second-order valence-electron chi connectivity index (χ2n) is 3.16. The molecule has 14 heavy (non-hydrogen) atoms. The monoisotopic (exact) mass is 293 g/mol. The van der Waals surface area contributed by atoms with Crippen molar-refractivity contribution in [3.63, 3.8) is 0 Å². The molecule has 1 aromatic rings. The number of thiophene rings is 1. The van der Waals surface area contributed by atoms with Gasteiger partial charge in [0.05, 0.1) is 3.79 Å². The Morgan fingerprint density at radius 3 is 2.93 bits per heavy atom. The van der Waals surface area contributed by atoms with Gasteiger partial charge in [-0.25, -0.2) is 0 Å². The van der Waals surface area contributed by atoms with Crippen LogP contribution in [0.2, 0.25) is 0 Å². The fourth-order valence-corrected chi connectivity index (χ4v) is 3.08. The van der Waals surface area contributed by atoms with Crippen molar-refractivity contribution in [1.82, 2.24) is 5.32 Å². The average Bonchev–Trinajstić information content (AvgIpc) is 2.59. The van der Waals surface area contributed by atoms with E-state index in [1.807, 2.05) is 23.1 Å². The Morgan fingerprint density at radius 2 is 2.36 bits per heavy atom. The largest absolute Gasteiger partial charge is 0.309 e. The molecule has 0 radical (unpaired) electrons. The summed E-state index contributed by atoms with van der Waals surface area (Å²) in [5.74, 6) is 1.24. The zero-order valence-corrected chi connectivity index (χ0v) is 11.8. The normalized spacial score (nSPS) is 13.1. The van der Waals surface area contributed by atoms with E-state index in [4.69, 9.17) is 0 Å². The fourth-order valence-electron chi connectivity index (χ4n) is 1.20. The molecule has 1 unspecified atom stereocenters. The van der Waals surface area contributed by atoms with Gasteiger partial charge in [0.2, 0.25) is 0 Å². The molecule has 0 aliphatic rings. The number of thioether (sulfide) groups is 1. The second-order valence-corrected chi connectivity index (χ2v) is 6.64. The Morgan fingerprint density at radius 1 is 1.57 bits per heavy atom. The lowest BCUT2D eigenvalue weighted by Gasteiger charge is -2.11. The minimum atomic E-state index is 0.480. The molecular formula is C10H16BrNS2. The first-order chi connectivity index (χ1) is 6.74. The number of nitrogens with one attached hydrogen (secondary N) is 1. The summed E-state index contributed by atoms with van der Waals surface area (Å²) in [4.78, 5) is 1.40. The minimum absolute atomic E-state index is 0.480. The first kappa shape index (κ1) is 12.6. The summed E-state index contributed by atoms with van der Waals surface area (Å²) in [5, 5.41) is 3.52. The van der Waals surface area contributed by atoms with Crippen molar-refractivity contribution in [1.29, 1.82) is 0 Å². The standard InChI is InChI=1S/C10H16BrNS2/c1-8(12-6-3-7-13-2)9-4-5-10(11)14-9/h4-5,8,12H,3,6-7H2,1-2H3. The second kappa shape index (κ2) is 6.88. The van der Waals surface area contributed by atoms with Crippen molar-refractivity contribution in [3.8, 4) is 0 Å². The molecule has 0 aromatic carbocycles. The van der Waals surface area contributed by atoms with Gasteiger partial charge in [-0.1, -0.05) is 0 Å². The SMILES string of the molecule is CSCCCNC(C)c1ccc(Br)s1. The van der Waals surface area contributed by atoms with Crippen molar-refractivity contribution in [2.24, 2.45) is 0 Å². The molecule has 1 nitrogen and oxygen atoms in total. The quantitative estimate of drug-likeness (QED) is 0.798. The number of rotatable bonds is 6. The number of hydrogen-bond donors (Lipinski definition) is 1. The van der Waals surface area contributed by atoms with Gasteiger partial charge in [-0.05, 0) is 60.0 Å². The summed E-state index contributed by atoms with van der Waals surface area (Å²) in [5.41, 5.74) is 0. The highest BCUT2D eigenvalue weighted by Crippen LogP contribution is 2.26. The third-order valence-corrected chi connectivity index (χ3v) is 4.50. The van der Waals surface area contributed by atoms with E-state index in [9.17, 15) is 0 Å². The lowest BCUT2D eigenvalue weighted by molar-refractivity contribution is 0.580. The summed E-state index contributed by atoms with van der Waals surface area (Å²) < 4.78 is 1.21. The van der Waals surface area contributed by atoms with Gasteiger partial charge in [0.25, 0.3) is 0 Å². The van der Waals surface area contributed by atoms with Crippen LogP contribution in [0.4, 0.5) is 0 Å².